The van der Waals surface area contributed by atoms with Gasteiger partial charge in [0.05, 0.1) is 5.56 Å². The molecule has 1 amide bonds. The summed E-state index contributed by atoms with van der Waals surface area (Å²) in [5.74, 6) is -0.184. The molecule has 3 rings (SSSR count). The lowest BCUT2D eigenvalue weighted by Crippen LogP contribution is -2.24. The van der Waals surface area contributed by atoms with Crippen LogP contribution in [0.3, 0.4) is 0 Å². The van der Waals surface area contributed by atoms with Crippen LogP contribution in [0.15, 0.2) is 66.9 Å². The van der Waals surface area contributed by atoms with Gasteiger partial charge in [-0.15, -0.1) is 0 Å². The molecule has 2 aromatic carbocycles. The zero-order valence-corrected chi connectivity index (χ0v) is 13.3. The van der Waals surface area contributed by atoms with Crippen LogP contribution >= 0.6 is 0 Å². The Hall–Kier alpha value is -3.41. The molecule has 3 aromatic rings. The maximum Gasteiger partial charge on any atom is 0.255 e. The van der Waals surface area contributed by atoms with Crippen LogP contribution in [0.5, 0.6) is 11.5 Å². The van der Waals surface area contributed by atoms with E-state index in [0.717, 1.165) is 0 Å². The minimum atomic E-state index is -0.522. The third kappa shape index (κ3) is 3.92. The molecule has 0 saturated carbocycles. The Morgan fingerprint density at radius 2 is 1.88 bits per heavy atom. The number of hydrogen-bond acceptors (Lipinski definition) is 4. The molecular weight excluding hydrogens is 321 g/mol. The highest BCUT2D eigenvalue weighted by molar-refractivity contribution is 5.98. The standard InChI is InChI=1S/C19H16FN3O2/c20-17-13(12-23-19(24)15-9-5-11-22-18(15)21)6-4-10-16(17)25-14-7-2-1-3-8-14/h1-11H,12H2,(H2,21,22)(H,23,24). The van der Waals surface area contributed by atoms with E-state index in [1.54, 1.807) is 48.5 Å². The van der Waals surface area contributed by atoms with Crippen LogP contribution in [-0.4, -0.2) is 10.9 Å². The fourth-order valence-electron chi connectivity index (χ4n) is 2.27. The van der Waals surface area contributed by atoms with Crippen molar-refractivity contribution in [2.75, 3.05) is 5.73 Å². The van der Waals surface area contributed by atoms with Crippen LogP contribution in [0, 0.1) is 5.82 Å². The Labute approximate surface area is 144 Å². The summed E-state index contributed by atoms with van der Waals surface area (Å²) in [5, 5.41) is 2.63. The first-order chi connectivity index (χ1) is 12.1. The lowest BCUT2D eigenvalue weighted by Gasteiger charge is -2.11. The number of aromatic nitrogens is 1. The van der Waals surface area contributed by atoms with E-state index >= 15 is 0 Å². The number of benzene rings is 2. The molecule has 0 aliphatic heterocycles. The van der Waals surface area contributed by atoms with E-state index in [1.807, 2.05) is 6.07 Å². The summed E-state index contributed by atoms with van der Waals surface area (Å²) in [7, 11) is 0. The Bertz CT molecular complexity index is 885. The van der Waals surface area contributed by atoms with E-state index in [-0.39, 0.29) is 23.7 Å². The third-order valence-electron chi connectivity index (χ3n) is 3.54. The van der Waals surface area contributed by atoms with Crippen molar-refractivity contribution < 1.29 is 13.9 Å². The molecule has 0 bridgehead atoms. The number of rotatable bonds is 5. The zero-order valence-electron chi connectivity index (χ0n) is 13.3. The average molecular weight is 337 g/mol. The van der Waals surface area contributed by atoms with Crippen molar-refractivity contribution >= 4 is 11.7 Å². The second kappa shape index (κ2) is 7.44. The molecular formula is C19H16FN3O2. The molecule has 0 unspecified atom stereocenters. The largest absolute Gasteiger partial charge is 0.454 e. The molecule has 3 N–H and O–H groups in total. The maximum atomic E-state index is 14.6. The highest BCUT2D eigenvalue weighted by Gasteiger charge is 2.13. The first-order valence-electron chi connectivity index (χ1n) is 7.64. The number of nitrogens with two attached hydrogens (primary N) is 1. The van der Waals surface area contributed by atoms with Gasteiger partial charge in [0, 0.05) is 18.3 Å². The van der Waals surface area contributed by atoms with Gasteiger partial charge in [-0.25, -0.2) is 9.37 Å². The minimum Gasteiger partial charge on any atom is -0.454 e. The van der Waals surface area contributed by atoms with Gasteiger partial charge in [0.1, 0.15) is 11.6 Å². The van der Waals surface area contributed by atoms with E-state index in [2.05, 4.69) is 10.3 Å². The van der Waals surface area contributed by atoms with Crippen molar-refractivity contribution in [1.82, 2.24) is 10.3 Å². The molecule has 0 radical (unpaired) electrons. The first-order valence-corrected chi connectivity index (χ1v) is 7.64. The van der Waals surface area contributed by atoms with Gasteiger partial charge in [0.15, 0.2) is 11.6 Å². The Morgan fingerprint density at radius 1 is 1.08 bits per heavy atom. The number of hydrogen-bond donors (Lipinski definition) is 2. The fourth-order valence-corrected chi connectivity index (χ4v) is 2.27. The van der Waals surface area contributed by atoms with E-state index in [1.165, 1.54) is 12.3 Å². The highest BCUT2D eigenvalue weighted by Crippen LogP contribution is 2.26. The van der Waals surface area contributed by atoms with Crippen molar-refractivity contribution in [3.8, 4) is 11.5 Å². The van der Waals surface area contributed by atoms with E-state index in [0.29, 0.717) is 11.3 Å². The first kappa shape index (κ1) is 16.4. The van der Waals surface area contributed by atoms with Gasteiger partial charge in [-0.05, 0) is 30.3 Å². The lowest BCUT2D eigenvalue weighted by atomic mass is 10.2. The molecule has 0 fully saturated rings. The predicted molar refractivity (Wildman–Crippen MR) is 92.7 cm³/mol. The Kier molecular flexibility index (Phi) is 4.89. The van der Waals surface area contributed by atoms with Gasteiger partial charge in [-0.1, -0.05) is 30.3 Å². The van der Waals surface area contributed by atoms with Crippen molar-refractivity contribution in [3.05, 3.63) is 83.8 Å². The lowest BCUT2D eigenvalue weighted by molar-refractivity contribution is 0.0951. The average Bonchev–Trinajstić information content (AvgIpc) is 2.63. The number of nitrogens with zero attached hydrogens (tertiary/aromatic N) is 1. The molecule has 1 aromatic heterocycles. The third-order valence-corrected chi connectivity index (χ3v) is 3.54. The van der Waals surface area contributed by atoms with Crippen molar-refractivity contribution in [3.63, 3.8) is 0 Å². The van der Waals surface area contributed by atoms with Gasteiger partial charge in [0.25, 0.3) is 5.91 Å². The Balaban J connectivity index is 1.72. The molecule has 0 atom stereocenters. The van der Waals surface area contributed by atoms with Gasteiger partial charge >= 0.3 is 0 Å². The number of amides is 1. The monoisotopic (exact) mass is 337 g/mol. The van der Waals surface area contributed by atoms with Crippen LogP contribution in [0.4, 0.5) is 10.2 Å². The number of anilines is 1. The molecule has 6 heteroatoms. The summed E-state index contributed by atoms with van der Waals surface area (Å²) in [6.07, 6.45) is 1.50. The molecule has 0 aliphatic rings. The summed E-state index contributed by atoms with van der Waals surface area (Å²) in [6.45, 7) is 0.00495. The summed E-state index contributed by atoms with van der Waals surface area (Å²) in [6, 6.07) is 16.9. The van der Waals surface area contributed by atoms with Crippen molar-refractivity contribution in [2.45, 2.75) is 6.54 Å². The van der Waals surface area contributed by atoms with Crippen molar-refractivity contribution in [2.24, 2.45) is 0 Å². The second-order valence-corrected chi connectivity index (χ2v) is 5.26. The molecule has 0 aliphatic carbocycles. The quantitative estimate of drug-likeness (QED) is 0.747. The summed E-state index contributed by atoms with van der Waals surface area (Å²) >= 11 is 0. The highest BCUT2D eigenvalue weighted by atomic mass is 19.1. The number of nitrogens with one attached hydrogen (secondary N) is 1. The number of halogens is 1. The SMILES string of the molecule is Nc1ncccc1C(=O)NCc1cccc(Oc2ccccc2)c1F. The van der Waals surface area contributed by atoms with Crippen LogP contribution < -0.4 is 15.8 Å². The van der Waals surface area contributed by atoms with Gasteiger partial charge in [-0.2, -0.15) is 0 Å². The number of carbonyl (C=O) groups is 1. The van der Waals surface area contributed by atoms with Gasteiger partial charge < -0.3 is 15.8 Å². The zero-order chi connectivity index (χ0) is 17.6. The number of carbonyl (C=O) groups excluding carboxylic acids is 1. The van der Waals surface area contributed by atoms with Crippen LogP contribution in [0.25, 0.3) is 0 Å². The van der Waals surface area contributed by atoms with Crippen LogP contribution in [0.2, 0.25) is 0 Å². The van der Waals surface area contributed by atoms with Gasteiger partial charge in [-0.3, -0.25) is 4.79 Å². The molecule has 0 spiro atoms. The number of nitrogen functional groups attached to an aromatic ring is 1. The van der Waals surface area contributed by atoms with Crippen LogP contribution in [0.1, 0.15) is 15.9 Å². The van der Waals surface area contributed by atoms with E-state index in [4.69, 9.17) is 10.5 Å². The smallest absolute Gasteiger partial charge is 0.255 e. The molecule has 1 heterocycles. The summed E-state index contributed by atoms with van der Waals surface area (Å²) in [5.41, 5.74) is 6.22. The normalized spacial score (nSPS) is 10.3. The summed E-state index contributed by atoms with van der Waals surface area (Å²) in [4.78, 5) is 16.0. The van der Waals surface area contributed by atoms with Crippen LogP contribution in [-0.2, 0) is 6.54 Å². The summed E-state index contributed by atoms with van der Waals surface area (Å²) < 4.78 is 20.1. The molecule has 25 heavy (non-hydrogen) atoms. The predicted octanol–water partition coefficient (Wildman–Crippen LogP) is 3.53. The fraction of sp³-hybridized carbons (Fsp3) is 0.0526. The van der Waals surface area contributed by atoms with E-state index in [9.17, 15) is 9.18 Å². The molecule has 5 nitrogen and oxygen atoms in total. The number of ether oxygens (including phenoxy) is 1. The van der Waals surface area contributed by atoms with Gasteiger partial charge in [0.2, 0.25) is 0 Å². The number of para-hydroxylation sites is 1. The van der Waals surface area contributed by atoms with E-state index < -0.39 is 11.7 Å². The second-order valence-electron chi connectivity index (χ2n) is 5.26. The minimum absolute atomic E-state index is 0.00495. The molecule has 0 saturated heterocycles. The number of pyridine rings is 1. The Morgan fingerprint density at radius 3 is 2.64 bits per heavy atom. The maximum absolute atomic E-state index is 14.6. The van der Waals surface area contributed by atoms with Crippen molar-refractivity contribution in [1.29, 1.82) is 0 Å². The topological polar surface area (TPSA) is 77.2 Å². The molecule has 126 valence electrons.